The second kappa shape index (κ2) is 7.98. The molecular weight excluding hydrogens is 332 g/mol. The van der Waals surface area contributed by atoms with Crippen molar-refractivity contribution in [1.29, 1.82) is 0 Å². The van der Waals surface area contributed by atoms with Gasteiger partial charge in [0.2, 0.25) is 0 Å². The molecule has 2 aliphatic carbocycles. The summed E-state index contributed by atoms with van der Waals surface area (Å²) >= 11 is 6.01. The van der Waals surface area contributed by atoms with Crippen molar-refractivity contribution in [1.82, 2.24) is 0 Å². The van der Waals surface area contributed by atoms with E-state index in [2.05, 4.69) is 12.1 Å². The minimum Gasteiger partial charge on any atom is -0.347 e. The van der Waals surface area contributed by atoms with Crippen molar-refractivity contribution in [3.63, 3.8) is 0 Å². The molecule has 1 aliphatic heterocycles. The van der Waals surface area contributed by atoms with Crippen molar-refractivity contribution in [2.45, 2.75) is 88.4 Å². The first kappa shape index (κ1) is 17.8. The van der Waals surface area contributed by atoms with Crippen molar-refractivity contribution < 1.29 is 9.47 Å². The third-order valence-electron chi connectivity index (χ3n) is 6.61. The van der Waals surface area contributed by atoms with E-state index in [1.54, 1.807) is 0 Å². The molecule has 1 spiro atoms. The first-order chi connectivity index (χ1) is 12.2. The summed E-state index contributed by atoms with van der Waals surface area (Å²) in [5.41, 5.74) is 1.47. The summed E-state index contributed by atoms with van der Waals surface area (Å²) in [5.74, 6) is 1.40. The van der Waals surface area contributed by atoms with E-state index in [4.69, 9.17) is 21.1 Å². The van der Waals surface area contributed by atoms with E-state index in [0.29, 0.717) is 6.10 Å². The summed E-state index contributed by atoms with van der Waals surface area (Å²) in [5, 5.41) is 0.840. The molecule has 0 N–H and O–H groups in total. The van der Waals surface area contributed by atoms with Gasteiger partial charge in [-0.25, -0.2) is 0 Å². The average Bonchev–Trinajstić information content (AvgIpc) is 3.04. The summed E-state index contributed by atoms with van der Waals surface area (Å²) < 4.78 is 12.4. The fraction of sp³-hybridized carbons (Fsp3) is 0.727. The van der Waals surface area contributed by atoms with Gasteiger partial charge in [-0.05, 0) is 80.9 Å². The maximum Gasteiger partial charge on any atom is 0.168 e. The Hall–Kier alpha value is -0.570. The molecule has 1 atom stereocenters. The summed E-state index contributed by atoms with van der Waals surface area (Å²) in [6.45, 7) is 0.820. The lowest BCUT2D eigenvalue weighted by molar-refractivity contribution is -0.187. The fourth-order valence-corrected chi connectivity index (χ4v) is 5.18. The van der Waals surface area contributed by atoms with Gasteiger partial charge in [-0.1, -0.05) is 30.2 Å². The predicted octanol–water partition coefficient (Wildman–Crippen LogP) is 6.47. The first-order valence-corrected chi connectivity index (χ1v) is 10.7. The molecule has 25 heavy (non-hydrogen) atoms. The summed E-state index contributed by atoms with van der Waals surface area (Å²) in [4.78, 5) is 0. The van der Waals surface area contributed by atoms with Crippen LogP contribution in [0.25, 0.3) is 0 Å². The Morgan fingerprint density at radius 1 is 0.920 bits per heavy atom. The van der Waals surface area contributed by atoms with E-state index in [9.17, 15) is 0 Å². The van der Waals surface area contributed by atoms with Crippen molar-refractivity contribution in [3.8, 4) is 0 Å². The number of ether oxygens (including phenoxy) is 2. The van der Waals surface area contributed by atoms with E-state index in [0.717, 1.165) is 36.3 Å². The van der Waals surface area contributed by atoms with Crippen molar-refractivity contribution in [3.05, 3.63) is 34.9 Å². The average molecular weight is 363 g/mol. The van der Waals surface area contributed by atoms with Crippen LogP contribution in [0.2, 0.25) is 5.02 Å². The quantitative estimate of drug-likeness (QED) is 0.611. The molecular formula is C22H31ClO2. The Labute approximate surface area is 157 Å². The summed E-state index contributed by atoms with van der Waals surface area (Å²) in [7, 11) is 0. The fourth-order valence-electron chi connectivity index (χ4n) is 5.05. The van der Waals surface area contributed by atoms with E-state index in [-0.39, 0.29) is 5.79 Å². The van der Waals surface area contributed by atoms with Crippen LogP contribution < -0.4 is 0 Å². The third-order valence-corrected chi connectivity index (χ3v) is 6.87. The molecule has 0 aromatic heterocycles. The molecule has 1 heterocycles. The van der Waals surface area contributed by atoms with Gasteiger partial charge in [0.25, 0.3) is 0 Å². The van der Waals surface area contributed by atoms with Gasteiger partial charge in [0.1, 0.15) is 0 Å². The molecule has 1 saturated heterocycles. The highest BCUT2D eigenvalue weighted by molar-refractivity contribution is 6.30. The lowest BCUT2D eigenvalue weighted by Gasteiger charge is -2.32. The number of benzene rings is 1. The zero-order valence-electron chi connectivity index (χ0n) is 15.2. The Bertz CT molecular complexity index is 542. The first-order valence-electron chi connectivity index (χ1n) is 10.3. The topological polar surface area (TPSA) is 18.5 Å². The van der Waals surface area contributed by atoms with Crippen molar-refractivity contribution in [2.24, 2.45) is 5.92 Å². The van der Waals surface area contributed by atoms with Gasteiger partial charge in [0.15, 0.2) is 5.79 Å². The van der Waals surface area contributed by atoms with Gasteiger partial charge in [0, 0.05) is 17.9 Å². The number of halogens is 1. The Kier molecular flexibility index (Phi) is 5.69. The second-order valence-electron chi connectivity index (χ2n) is 8.37. The van der Waals surface area contributed by atoms with Gasteiger partial charge in [0.05, 0.1) is 12.7 Å². The smallest absolute Gasteiger partial charge is 0.168 e. The van der Waals surface area contributed by atoms with E-state index < -0.39 is 0 Å². The largest absolute Gasteiger partial charge is 0.347 e. The molecule has 1 unspecified atom stereocenters. The summed E-state index contributed by atoms with van der Waals surface area (Å²) in [6, 6.07) is 8.48. The minimum atomic E-state index is -0.199. The van der Waals surface area contributed by atoms with Crippen LogP contribution in [0.1, 0.15) is 82.1 Å². The highest BCUT2D eigenvalue weighted by atomic mass is 35.5. The zero-order chi connectivity index (χ0) is 17.1. The number of rotatable bonds is 4. The van der Waals surface area contributed by atoms with Crippen LogP contribution in [0.5, 0.6) is 0 Å². The zero-order valence-corrected chi connectivity index (χ0v) is 16.0. The van der Waals surface area contributed by atoms with E-state index >= 15 is 0 Å². The van der Waals surface area contributed by atoms with E-state index in [1.807, 2.05) is 12.1 Å². The number of hydrogen-bond donors (Lipinski definition) is 0. The molecule has 138 valence electrons. The van der Waals surface area contributed by atoms with Crippen LogP contribution in [0.15, 0.2) is 24.3 Å². The van der Waals surface area contributed by atoms with Crippen LogP contribution in [0, 0.1) is 5.92 Å². The highest BCUT2D eigenvalue weighted by Crippen LogP contribution is 2.41. The molecule has 3 aliphatic rings. The van der Waals surface area contributed by atoms with Crippen LogP contribution in [-0.4, -0.2) is 18.5 Å². The molecule has 0 radical (unpaired) electrons. The van der Waals surface area contributed by atoms with Crippen molar-refractivity contribution >= 4 is 11.6 Å². The van der Waals surface area contributed by atoms with Crippen molar-refractivity contribution in [2.75, 3.05) is 6.61 Å². The molecule has 2 nitrogen and oxygen atoms in total. The number of hydrogen-bond acceptors (Lipinski definition) is 2. The van der Waals surface area contributed by atoms with Crippen LogP contribution in [0.3, 0.4) is 0 Å². The molecule has 2 saturated carbocycles. The molecule has 0 amide bonds. The lowest BCUT2D eigenvalue weighted by atomic mass is 9.77. The molecule has 1 aromatic rings. The van der Waals surface area contributed by atoms with Crippen LogP contribution in [-0.2, 0) is 9.47 Å². The van der Waals surface area contributed by atoms with Gasteiger partial charge in [-0.15, -0.1) is 0 Å². The van der Waals surface area contributed by atoms with Gasteiger partial charge in [-0.2, -0.15) is 0 Å². The predicted molar refractivity (Wildman–Crippen MR) is 102 cm³/mol. The van der Waals surface area contributed by atoms with Gasteiger partial charge >= 0.3 is 0 Å². The van der Waals surface area contributed by atoms with Crippen LogP contribution >= 0.6 is 11.6 Å². The normalized spacial score (nSPS) is 32.1. The Balaban J connectivity index is 1.20. The third kappa shape index (κ3) is 4.40. The van der Waals surface area contributed by atoms with Gasteiger partial charge in [-0.3, -0.25) is 0 Å². The monoisotopic (exact) mass is 362 g/mol. The maximum absolute atomic E-state index is 6.35. The van der Waals surface area contributed by atoms with Gasteiger partial charge < -0.3 is 9.47 Å². The SMILES string of the molecule is Clc1ccc(C2CCC(CCC3COC4(CCCCC4)O3)CC2)cc1. The maximum atomic E-state index is 6.35. The summed E-state index contributed by atoms with van der Waals surface area (Å²) in [6.07, 6.45) is 14.3. The Morgan fingerprint density at radius 2 is 1.64 bits per heavy atom. The molecule has 1 aromatic carbocycles. The second-order valence-corrected chi connectivity index (χ2v) is 8.81. The molecule has 4 rings (SSSR count). The highest BCUT2D eigenvalue weighted by Gasteiger charge is 2.42. The van der Waals surface area contributed by atoms with Crippen LogP contribution in [0.4, 0.5) is 0 Å². The standard InChI is InChI=1S/C22H31ClO2/c23-20-11-9-19(10-12-20)18-7-4-17(5-8-18)6-13-21-16-24-22(25-21)14-2-1-3-15-22/h9-12,17-18,21H,1-8,13-16H2. The minimum absolute atomic E-state index is 0.199. The molecule has 3 heteroatoms. The lowest BCUT2D eigenvalue weighted by Crippen LogP contribution is -2.33. The molecule has 0 bridgehead atoms. The molecule has 3 fully saturated rings. The Morgan fingerprint density at radius 3 is 2.36 bits per heavy atom. The van der Waals surface area contributed by atoms with E-state index in [1.165, 1.54) is 63.4 Å².